The number of nitrogens with one attached hydrogen (secondary N) is 1. The molecule has 1 N–H and O–H groups in total. The summed E-state index contributed by atoms with van der Waals surface area (Å²) in [6.07, 6.45) is 0. The molecule has 1 aromatic carbocycles. The maximum Gasteiger partial charge on any atom is 0.231 e. The van der Waals surface area contributed by atoms with Crippen molar-refractivity contribution in [2.75, 3.05) is 5.75 Å². The fourth-order valence-electron chi connectivity index (χ4n) is 3.05. The molecule has 136 valence electrons. The van der Waals surface area contributed by atoms with Gasteiger partial charge < -0.3 is 5.32 Å². The van der Waals surface area contributed by atoms with Gasteiger partial charge in [0.25, 0.3) is 0 Å². The number of pyridine rings is 1. The molecule has 0 saturated heterocycles. The molecule has 0 aliphatic carbocycles. The van der Waals surface area contributed by atoms with Gasteiger partial charge in [-0.15, -0.1) is 10.2 Å². The number of carbonyl (C=O) groups excluding carboxylic acids is 2. The van der Waals surface area contributed by atoms with Crippen LogP contribution in [-0.2, 0) is 9.59 Å². The van der Waals surface area contributed by atoms with Crippen molar-refractivity contribution in [2.45, 2.75) is 38.9 Å². The van der Waals surface area contributed by atoms with Gasteiger partial charge in [0.15, 0.2) is 16.6 Å². The van der Waals surface area contributed by atoms with E-state index in [0.717, 1.165) is 22.1 Å². The molecule has 0 radical (unpaired) electrons. The van der Waals surface area contributed by atoms with Crippen LogP contribution in [0.25, 0.3) is 16.6 Å². The predicted octanol–water partition coefficient (Wildman–Crippen LogP) is 3.01. The molecule has 3 rings (SSSR count). The van der Waals surface area contributed by atoms with Crippen LogP contribution >= 0.6 is 11.8 Å². The summed E-state index contributed by atoms with van der Waals surface area (Å²) in [7, 11) is 0. The average molecular weight is 370 g/mol. The fraction of sp³-hybridized carbons (Fsp3) is 0.368. The predicted molar refractivity (Wildman–Crippen MR) is 103 cm³/mol. The second kappa shape index (κ2) is 7.45. The van der Waals surface area contributed by atoms with Gasteiger partial charge in [-0.05, 0) is 37.5 Å². The number of para-hydroxylation sites is 1. The summed E-state index contributed by atoms with van der Waals surface area (Å²) < 4.78 is 1.96. The maximum absolute atomic E-state index is 12.3. The van der Waals surface area contributed by atoms with Gasteiger partial charge in [0.05, 0.1) is 17.3 Å². The minimum Gasteiger partial charge on any atom is -0.345 e. The molecule has 0 spiro atoms. The van der Waals surface area contributed by atoms with E-state index < -0.39 is 6.04 Å². The Morgan fingerprint density at radius 1 is 1.23 bits per heavy atom. The Labute approximate surface area is 156 Å². The number of thioether (sulfide) groups is 1. The standard InChI is InChI=1S/C19H22N4O2S/c1-11(2)18(13(4)24)20-17(25)10-26-19-22-21-16-9-12(3)14-7-5-6-8-15(14)23(16)19/h5-9,11,18H,10H2,1-4H3,(H,20,25). The highest BCUT2D eigenvalue weighted by molar-refractivity contribution is 7.99. The molecule has 2 heterocycles. The van der Waals surface area contributed by atoms with E-state index in [9.17, 15) is 9.59 Å². The van der Waals surface area contributed by atoms with E-state index in [1.165, 1.54) is 18.7 Å². The van der Waals surface area contributed by atoms with E-state index in [-0.39, 0.29) is 23.4 Å². The Hall–Kier alpha value is -2.41. The summed E-state index contributed by atoms with van der Waals surface area (Å²) in [6.45, 7) is 7.38. The quantitative estimate of drug-likeness (QED) is 0.675. The number of carbonyl (C=O) groups is 2. The molecule has 2 aromatic heterocycles. The smallest absolute Gasteiger partial charge is 0.231 e. The molecular formula is C19H22N4O2S. The third-order valence-electron chi connectivity index (χ3n) is 4.33. The normalized spacial score (nSPS) is 12.7. The monoisotopic (exact) mass is 370 g/mol. The van der Waals surface area contributed by atoms with Crippen molar-refractivity contribution >= 4 is 40.0 Å². The van der Waals surface area contributed by atoms with E-state index in [1.54, 1.807) is 0 Å². The Bertz CT molecular complexity index is 980. The molecule has 3 aromatic rings. The molecule has 0 fully saturated rings. The Kier molecular flexibility index (Phi) is 5.27. The van der Waals surface area contributed by atoms with E-state index in [0.29, 0.717) is 5.16 Å². The van der Waals surface area contributed by atoms with Crippen LogP contribution in [0.15, 0.2) is 35.5 Å². The SMILES string of the molecule is CC(=O)C(NC(=O)CSc1nnc2cc(C)c3ccccc3n12)C(C)C. The Morgan fingerprint density at radius 3 is 2.65 bits per heavy atom. The number of hydrogen-bond donors (Lipinski definition) is 1. The highest BCUT2D eigenvalue weighted by atomic mass is 32.2. The first-order valence-corrected chi connectivity index (χ1v) is 9.53. The molecule has 7 heteroatoms. The van der Waals surface area contributed by atoms with E-state index in [4.69, 9.17) is 0 Å². The number of Topliss-reactive ketones (excluding diaryl/α,β-unsaturated/α-hetero) is 1. The fourth-order valence-corrected chi connectivity index (χ4v) is 3.81. The third-order valence-corrected chi connectivity index (χ3v) is 5.26. The molecule has 1 atom stereocenters. The number of aromatic nitrogens is 3. The van der Waals surface area contributed by atoms with Gasteiger partial charge in [0.1, 0.15) is 0 Å². The number of aryl methyl sites for hydroxylation is 1. The van der Waals surface area contributed by atoms with Crippen LogP contribution in [0.3, 0.4) is 0 Å². The third kappa shape index (κ3) is 3.58. The molecule has 1 amide bonds. The minimum atomic E-state index is -0.457. The molecule has 0 saturated carbocycles. The molecule has 1 unspecified atom stereocenters. The van der Waals surface area contributed by atoms with Crippen LogP contribution in [0.4, 0.5) is 0 Å². The van der Waals surface area contributed by atoms with E-state index in [2.05, 4.69) is 21.6 Å². The van der Waals surface area contributed by atoms with Crippen LogP contribution in [0.2, 0.25) is 0 Å². The number of nitrogens with zero attached hydrogens (tertiary/aromatic N) is 3. The second-order valence-corrected chi connectivity index (χ2v) is 7.65. The summed E-state index contributed by atoms with van der Waals surface area (Å²) >= 11 is 1.32. The van der Waals surface area contributed by atoms with Crippen molar-refractivity contribution in [3.8, 4) is 0 Å². The summed E-state index contributed by atoms with van der Waals surface area (Å²) in [5.41, 5.74) is 2.91. The Morgan fingerprint density at radius 2 is 1.96 bits per heavy atom. The van der Waals surface area contributed by atoms with Crippen LogP contribution in [0.5, 0.6) is 0 Å². The van der Waals surface area contributed by atoms with Gasteiger partial charge in [-0.25, -0.2) is 0 Å². The van der Waals surface area contributed by atoms with Crippen molar-refractivity contribution in [2.24, 2.45) is 5.92 Å². The topological polar surface area (TPSA) is 76.4 Å². The lowest BCUT2D eigenvalue weighted by atomic mass is 10.0. The first kappa shape index (κ1) is 18.4. The summed E-state index contributed by atoms with van der Waals surface area (Å²) in [5.74, 6) is 0.0200. The largest absolute Gasteiger partial charge is 0.345 e. The molecule has 26 heavy (non-hydrogen) atoms. The van der Waals surface area contributed by atoms with Crippen molar-refractivity contribution in [3.63, 3.8) is 0 Å². The van der Waals surface area contributed by atoms with Crippen LogP contribution in [-0.4, -0.2) is 38.1 Å². The van der Waals surface area contributed by atoms with Crippen molar-refractivity contribution in [3.05, 3.63) is 35.9 Å². The van der Waals surface area contributed by atoms with Gasteiger partial charge in [0.2, 0.25) is 5.91 Å². The lowest BCUT2D eigenvalue weighted by Crippen LogP contribution is -2.44. The first-order chi connectivity index (χ1) is 12.4. The second-order valence-electron chi connectivity index (χ2n) is 6.71. The maximum atomic E-state index is 12.3. The Balaban J connectivity index is 1.83. The van der Waals surface area contributed by atoms with Gasteiger partial charge >= 0.3 is 0 Å². The lowest BCUT2D eigenvalue weighted by molar-refractivity contribution is -0.126. The van der Waals surface area contributed by atoms with Gasteiger partial charge in [0, 0.05) is 5.39 Å². The average Bonchev–Trinajstić information content (AvgIpc) is 3.00. The minimum absolute atomic E-state index is 0.0345. The summed E-state index contributed by atoms with van der Waals surface area (Å²) in [6, 6.07) is 9.59. The van der Waals surface area contributed by atoms with E-state index >= 15 is 0 Å². The van der Waals surface area contributed by atoms with Crippen LogP contribution in [0.1, 0.15) is 26.3 Å². The molecule has 0 aliphatic rings. The highest BCUT2D eigenvalue weighted by Crippen LogP contribution is 2.25. The lowest BCUT2D eigenvalue weighted by Gasteiger charge is -2.19. The molecular weight excluding hydrogens is 348 g/mol. The number of rotatable bonds is 6. The number of ketones is 1. The van der Waals surface area contributed by atoms with Crippen LogP contribution < -0.4 is 5.32 Å². The van der Waals surface area contributed by atoms with E-state index in [1.807, 2.05) is 49.4 Å². The zero-order chi connectivity index (χ0) is 18.8. The number of hydrogen-bond acceptors (Lipinski definition) is 5. The molecule has 6 nitrogen and oxygen atoms in total. The van der Waals surface area contributed by atoms with Crippen molar-refractivity contribution in [1.82, 2.24) is 19.9 Å². The number of fused-ring (bicyclic) bond motifs is 3. The zero-order valence-electron chi connectivity index (χ0n) is 15.3. The van der Waals surface area contributed by atoms with Gasteiger partial charge in [-0.1, -0.05) is 43.8 Å². The van der Waals surface area contributed by atoms with Crippen molar-refractivity contribution < 1.29 is 9.59 Å². The molecule has 0 aliphatic heterocycles. The number of amides is 1. The van der Waals surface area contributed by atoms with Crippen molar-refractivity contribution in [1.29, 1.82) is 0 Å². The summed E-state index contributed by atoms with van der Waals surface area (Å²) in [4.78, 5) is 23.9. The van der Waals surface area contributed by atoms with Crippen LogP contribution in [0, 0.1) is 12.8 Å². The van der Waals surface area contributed by atoms with Gasteiger partial charge in [-0.3, -0.25) is 14.0 Å². The number of benzene rings is 1. The summed E-state index contributed by atoms with van der Waals surface area (Å²) in [5, 5.41) is 13.1. The zero-order valence-corrected chi connectivity index (χ0v) is 16.1. The highest BCUT2D eigenvalue weighted by Gasteiger charge is 2.21. The van der Waals surface area contributed by atoms with Gasteiger partial charge in [-0.2, -0.15) is 0 Å². The molecule has 0 bridgehead atoms. The first-order valence-electron chi connectivity index (χ1n) is 8.54.